The molecule has 40 heavy (non-hydrogen) atoms. The summed E-state index contributed by atoms with van der Waals surface area (Å²) in [6.07, 6.45) is 9.24. The van der Waals surface area contributed by atoms with Crippen molar-refractivity contribution in [2.45, 2.75) is 38.9 Å². The maximum absolute atomic E-state index is 13.6. The number of nitrogens with zero attached hydrogens (tertiary/aromatic N) is 4. The van der Waals surface area contributed by atoms with Crippen LogP contribution in [-0.4, -0.2) is 46.9 Å². The van der Waals surface area contributed by atoms with E-state index in [0.717, 1.165) is 55.0 Å². The van der Waals surface area contributed by atoms with Crippen molar-refractivity contribution in [2.24, 2.45) is 0 Å². The second-order valence-electron chi connectivity index (χ2n) is 10.6. The fourth-order valence-corrected chi connectivity index (χ4v) is 5.39. The van der Waals surface area contributed by atoms with Crippen LogP contribution in [0.3, 0.4) is 0 Å². The lowest BCUT2D eigenvalue weighted by Gasteiger charge is -2.38. The van der Waals surface area contributed by atoms with Gasteiger partial charge in [-0.2, -0.15) is 0 Å². The number of piperidine rings is 1. The minimum absolute atomic E-state index is 0.0704. The lowest BCUT2D eigenvalue weighted by molar-refractivity contribution is -0.130. The summed E-state index contributed by atoms with van der Waals surface area (Å²) in [5, 5.41) is 0. The first-order valence-electron chi connectivity index (χ1n) is 14.1. The number of aryl methyl sites for hydroxylation is 1. The summed E-state index contributed by atoms with van der Waals surface area (Å²) in [6.45, 7) is 5.60. The van der Waals surface area contributed by atoms with E-state index in [1.807, 2.05) is 30.3 Å². The smallest absolute Gasteiger partial charge is 0.247 e. The topological polar surface area (TPSA) is 39.7 Å². The first kappa shape index (κ1) is 27.4. The Balaban J connectivity index is 1.29. The molecule has 0 radical (unpaired) electrons. The van der Waals surface area contributed by atoms with Gasteiger partial charge in [0, 0.05) is 69.1 Å². The average molecular weight is 531 g/mol. The van der Waals surface area contributed by atoms with E-state index in [0.29, 0.717) is 6.54 Å². The number of anilines is 2. The number of hydrogen-bond acceptors (Lipinski definition) is 4. The van der Waals surface area contributed by atoms with Crippen LogP contribution < -0.4 is 4.90 Å². The molecule has 1 aromatic heterocycles. The number of carbonyl (C=O) groups is 1. The van der Waals surface area contributed by atoms with Crippen molar-refractivity contribution >= 4 is 23.4 Å². The Morgan fingerprint density at radius 3 is 2.27 bits per heavy atom. The zero-order valence-corrected chi connectivity index (χ0v) is 23.5. The monoisotopic (exact) mass is 530 g/mol. The third-order valence-electron chi connectivity index (χ3n) is 7.72. The van der Waals surface area contributed by atoms with Gasteiger partial charge in [0.1, 0.15) is 0 Å². The van der Waals surface area contributed by atoms with Gasteiger partial charge in [0.05, 0.1) is 0 Å². The summed E-state index contributed by atoms with van der Waals surface area (Å²) in [6, 6.07) is 31.6. The molecule has 2 heterocycles. The molecule has 1 fully saturated rings. The molecule has 0 N–H and O–H groups in total. The summed E-state index contributed by atoms with van der Waals surface area (Å²) >= 11 is 0. The van der Waals surface area contributed by atoms with Crippen LogP contribution in [-0.2, 0) is 17.9 Å². The van der Waals surface area contributed by atoms with E-state index in [4.69, 9.17) is 0 Å². The van der Waals surface area contributed by atoms with Crippen LogP contribution in [0.2, 0.25) is 0 Å². The number of pyridine rings is 1. The number of carbonyl (C=O) groups excluding carboxylic acids is 1. The highest BCUT2D eigenvalue weighted by atomic mass is 16.2. The van der Waals surface area contributed by atoms with Gasteiger partial charge in [-0.3, -0.25) is 14.7 Å². The number of likely N-dealkylation sites (tertiary alicyclic amines) is 1. The Morgan fingerprint density at radius 2 is 1.57 bits per heavy atom. The molecule has 0 saturated carbocycles. The molecule has 3 aromatic carbocycles. The highest BCUT2D eigenvalue weighted by molar-refractivity contribution is 5.92. The lowest BCUT2D eigenvalue weighted by Crippen LogP contribution is -2.46. The fraction of sp³-hybridized carbons (Fsp3) is 0.257. The standard InChI is InChI=1S/C35H38N4O/c1-28-7-6-10-29(25-28)13-16-35(40)39(34-19-23-38(24-20-34)26-30-8-4-3-5-9-30)27-31-11-14-32(15-12-31)37(2)33-17-21-36-22-18-33/h3-18,21-22,25,34H,19-20,23-24,26-27H2,1-2H3. The number of aromatic nitrogens is 1. The van der Waals surface area contributed by atoms with Crippen LogP contribution in [0, 0.1) is 6.92 Å². The quantitative estimate of drug-likeness (QED) is 0.222. The molecule has 5 rings (SSSR count). The van der Waals surface area contributed by atoms with E-state index in [1.54, 1.807) is 18.5 Å². The van der Waals surface area contributed by atoms with Gasteiger partial charge < -0.3 is 9.80 Å². The molecule has 5 nitrogen and oxygen atoms in total. The highest BCUT2D eigenvalue weighted by Crippen LogP contribution is 2.25. The molecule has 0 atom stereocenters. The molecule has 5 heteroatoms. The molecular formula is C35H38N4O. The van der Waals surface area contributed by atoms with Gasteiger partial charge in [-0.1, -0.05) is 72.3 Å². The molecule has 0 aliphatic carbocycles. The molecule has 1 saturated heterocycles. The van der Waals surface area contributed by atoms with Gasteiger partial charge in [-0.05, 0) is 66.8 Å². The molecule has 0 spiro atoms. The number of amides is 1. The molecule has 4 aromatic rings. The molecule has 1 amide bonds. The minimum Gasteiger partial charge on any atom is -0.345 e. The average Bonchev–Trinajstić information content (AvgIpc) is 3.00. The van der Waals surface area contributed by atoms with Gasteiger partial charge in [-0.15, -0.1) is 0 Å². The van der Waals surface area contributed by atoms with Gasteiger partial charge >= 0.3 is 0 Å². The van der Waals surface area contributed by atoms with Crippen molar-refractivity contribution in [3.8, 4) is 0 Å². The Bertz CT molecular complexity index is 1390. The van der Waals surface area contributed by atoms with E-state index in [-0.39, 0.29) is 11.9 Å². The van der Waals surface area contributed by atoms with Crippen molar-refractivity contribution in [1.29, 1.82) is 0 Å². The van der Waals surface area contributed by atoms with Gasteiger partial charge in [-0.25, -0.2) is 0 Å². The van der Waals surface area contributed by atoms with Gasteiger partial charge in [0.15, 0.2) is 0 Å². The van der Waals surface area contributed by atoms with Crippen LogP contribution in [0.1, 0.15) is 35.1 Å². The Hall–Kier alpha value is -4.22. The van der Waals surface area contributed by atoms with E-state index in [9.17, 15) is 4.79 Å². The number of hydrogen-bond donors (Lipinski definition) is 0. The zero-order valence-electron chi connectivity index (χ0n) is 23.5. The predicted molar refractivity (Wildman–Crippen MR) is 164 cm³/mol. The first-order chi connectivity index (χ1) is 19.5. The normalized spacial score (nSPS) is 14.3. The predicted octanol–water partition coefficient (Wildman–Crippen LogP) is 6.86. The van der Waals surface area contributed by atoms with Crippen molar-refractivity contribution in [3.63, 3.8) is 0 Å². The van der Waals surface area contributed by atoms with Crippen LogP contribution in [0.5, 0.6) is 0 Å². The Kier molecular flexibility index (Phi) is 9.04. The summed E-state index contributed by atoms with van der Waals surface area (Å²) in [7, 11) is 2.06. The van der Waals surface area contributed by atoms with Crippen LogP contribution in [0.25, 0.3) is 6.08 Å². The minimum atomic E-state index is 0.0704. The Labute approximate surface area is 238 Å². The lowest BCUT2D eigenvalue weighted by atomic mass is 10.0. The summed E-state index contributed by atoms with van der Waals surface area (Å²) in [5.74, 6) is 0.0704. The maximum atomic E-state index is 13.6. The van der Waals surface area contributed by atoms with E-state index in [1.165, 1.54) is 11.1 Å². The molecule has 204 valence electrons. The zero-order chi connectivity index (χ0) is 27.7. The van der Waals surface area contributed by atoms with Crippen LogP contribution in [0.15, 0.2) is 109 Å². The third-order valence-corrected chi connectivity index (χ3v) is 7.72. The second-order valence-corrected chi connectivity index (χ2v) is 10.6. The van der Waals surface area contributed by atoms with Crippen molar-refractivity contribution in [1.82, 2.24) is 14.8 Å². The van der Waals surface area contributed by atoms with Crippen LogP contribution in [0.4, 0.5) is 11.4 Å². The maximum Gasteiger partial charge on any atom is 0.247 e. The van der Waals surface area contributed by atoms with Crippen molar-refractivity contribution in [3.05, 3.63) is 132 Å². The largest absolute Gasteiger partial charge is 0.345 e. The van der Waals surface area contributed by atoms with E-state index in [2.05, 4.69) is 100 Å². The number of benzene rings is 3. The third kappa shape index (κ3) is 7.25. The molecule has 1 aliphatic heterocycles. The number of rotatable bonds is 9. The van der Waals surface area contributed by atoms with E-state index < -0.39 is 0 Å². The molecule has 0 unspecified atom stereocenters. The summed E-state index contributed by atoms with van der Waals surface area (Å²) in [4.78, 5) is 24.5. The molecular weight excluding hydrogens is 492 g/mol. The second kappa shape index (κ2) is 13.2. The fourth-order valence-electron chi connectivity index (χ4n) is 5.39. The first-order valence-corrected chi connectivity index (χ1v) is 14.1. The van der Waals surface area contributed by atoms with Crippen molar-refractivity contribution in [2.75, 3.05) is 25.0 Å². The van der Waals surface area contributed by atoms with E-state index >= 15 is 0 Å². The summed E-state index contributed by atoms with van der Waals surface area (Å²) < 4.78 is 0. The summed E-state index contributed by atoms with van der Waals surface area (Å²) in [5.41, 5.74) is 6.90. The molecule has 0 bridgehead atoms. The van der Waals surface area contributed by atoms with Crippen molar-refractivity contribution < 1.29 is 4.79 Å². The highest BCUT2D eigenvalue weighted by Gasteiger charge is 2.27. The van der Waals surface area contributed by atoms with Gasteiger partial charge in [0.25, 0.3) is 0 Å². The van der Waals surface area contributed by atoms with Gasteiger partial charge in [0.2, 0.25) is 5.91 Å². The SMILES string of the molecule is Cc1cccc(C=CC(=O)N(Cc2ccc(N(C)c3ccncc3)cc2)C2CCN(Cc3ccccc3)CC2)c1. The molecule has 1 aliphatic rings. The van der Waals surface area contributed by atoms with Crippen LogP contribution >= 0.6 is 0 Å². The Morgan fingerprint density at radius 1 is 0.875 bits per heavy atom.